The molecule has 1 fully saturated rings. The van der Waals surface area contributed by atoms with Crippen molar-refractivity contribution in [1.29, 1.82) is 0 Å². The van der Waals surface area contributed by atoms with Crippen LogP contribution in [0.1, 0.15) is 18.4 Å². The van der Waals surface area contributed by atoms with Gasteiger partial charge < -0.3 is 10.4 Å². The predicted molar refractivity (Wildman–Crippen MR) is 75.5 cm³/mol. The fourth-order valence-electron chi connectivity index (χ4n) is 1.68. The van der Waals surface area contributed by atoms with Gasteiger partial charge in [-0.15, -0.1) is 0 Å². The number of nitrogens with one attached hydrogen (secondary N) is 1. The number of carboxylic acids is 1. The lowest BCUT2D eigenvalue weighted by Crippen LogP contribution is -2.33. The van der Waals surface area contributed by atoms with Gasteiger partial charge in [0.1, 0.15) is 0 Å². The van der Waals surface area contributed by atoms with Crippen LogP contribution in [0.25, 0.3) is 6.08 Å². The highest BCUT2D eigenvalue weighted by Gasteiger charge is 2.50. The SMILES string of the molecule is O=C(/C=C/c1ccc(Br)cc1)NCC1(C(=O)O)CC1. The molecule has 2 rings (SSSR count). The molecule has 0 saturated heterocycles. The van der Waals surface area contributed by atoms with E-state index in [-0.39, 0.29) is 12.5 Å². The second-order valence-electron chi connectivity index (χ2n) is 4.69. The summed E-state index contributed by atoms with van der Waals surface area (Å²) in [7, 11) is 0. The topological polar surface area (TPSA) is 66.4 Å². The quantitative estimate of drug-likeness (QED) is 0.818. The number of carbonyl (C=O) groups is 2. The average molecular weight is 324 g/mol. The molecule has 0 heterocycles. The number of benzene rings is 1. The van der Waals surface area contributed by atoms with Gasteiger partial charge in [0.05, 0.1) is 5.41 Å². The zero-order chi connectivity index (χ0) is 13.9. The van der Waals surface area contributed by atoms with Crippen molar-refractivity contribution in [1.82, 2.24) is 5.32 Å². The molecule has 0 aliphatic heterocycles. The van der Waals surface area contributed by atoms with Gasteiger partial charge in [-0.05, 0) is 36.6 Å². The molecule has 0 unspecified atom stereocenters. The number of hydrogen-bond acceptors (Lipinski definition) is 2. The molecular weight excluding hydrogens is 310 g/mol. The summed E-state index contributed by atoms with van der Waals surface area (Å²) in [4.78, 5) is 22.5. The summed E-state index contributed by atoms with van der Waals surface area (Å²) >= 11 is 3.33. The van der Waals surface area contributed by atoms with Gasteiger partial charge >= 0.3 is 5.97 Å². The smallest absolute Gasteiger partial charge is 0.311 e. The first kappa shape index (κ1) is 13.8. The van der Waals surface area contributed by atoms with Gasteiger partial charge in [-0.25, -0.2) is 0 Å². The van der Waals surface area contributed by atoms with Crippen molar-refractivity contribution in [3.05, 3.63) is 40.4 Å². The van der Waals surface area contributed by atoms with E-state index in [9.17, 15) is 9.59 Å². The van der Waals surface area contributed by atoms with Crippen LogP contribution in [0.5, 0.6) is 0 Å². The van der Waals surface area contributed by atoms with Gasteiger partial charge in [0.25, 0.3) is 0 Å². The minimum atomic E-state index is -0.829. The standard InChI is InChI=1S/C14H14BrNO3/c15-11-4-1-10(2-5-11)3-6-12(17)16-9-14(7-8-14)13(18)19/h1-6H,7-9H2,(H,16,17)(H,18,19)/b6-3+. The lowest BCUT2D eigenvalue weighted by atomic mass is 10.1. The van der Waals surface area contributed by atoms with Gasteiger partial charge in [-0.2, -0.15) is 0 Å². The fourth-order valence-corrected chi connectivity index (χ4v) is 1.94. The van der Waals surface area contributed by atoms with Crippen LogP contribution in [0.15, 0.2) is 34.8 Å². The monoisotopic (exact) mass is 323 g/mol. The summed E-state index contributed by atoms with van der Waals surface area (Å²) in [5.41, 5.74) is 0.193. The Morgan fingerprint density at radius 2 is 1.95 bits per heavy atom. The van der Waals surface area contributed by atoms with E-state index in [2.05, 4.69) is 21.2 Å². The van der Waals surface area contributed by atoms with E-state index in [1.807, 2.05) is 24.3 Å². The third-order valence-corrected chi connectivity index (χ3v) is 3.73. The second kappa shape index (κ2) is 5.57. The Kier molecular flexibility index (Phi) is 4.04. The first-order chi connectivity index (χ1) is 9.02. The third kappa shape index (κ3) is 3.67. The highest BCUT2D eigenvalue weighted by Crippen LogP contribution is 2.45. The average Bonchev–Trinajstić information content (AvgIpc) is 3.17. The summed E-state index contributed by atoms with van der Waals surface area (Å²) in [6.07, 6.45) is 4.39. The number of amides is 1. The molecule has 5 heteroatoms. The molecule has 0 radical (unpaired) electrons. The number of aliphatic carboxylic acids is 1. The van der Waals surface area contributed by atoms with E-state index in [0.29, 0.717) is 12.8 Å². The molecule has 0 spiro atoms. The highest BCUT2D eigenvalue weighted by atomic mass is 79.9. The van der Waals surface area contributed by atoms with Crippen LogP contribution in [0.4, 0.5) is 0 Å². The normalized spacial score (nSPS) is 16.3. The van der Waals surface area contributed by atoms with Gasteiger partial charge in [-0.3, -0.25) is 9.59 Å². The summed E-state index contributed by atoms with van der Waals surface area (Å²) < 4.78 is 0.978. The van der Waals surface area contributed by atoms with Crippen molar-refractivity contribution >= 4 is 33.9 Å². The largest absolute Gasteiger partial charge is 0.481 e. The molecule has 1 saturated carbocycles. The van der Waals surface area contributed by atoms with E-state index in [0.717, 1.165) is 10.0 Å². The molecule has 0 atom stereocenters. The molecular formula is C14H14BrNO3. The highest BCUT2D eigenvalue weighted by molar-refractivity contribution is 9.10. The van der Waals surface area contributed by atoms with E-state index in [1.165, 1.54) is 6.08 Å². The molecule has 1 amide bonds. The number of hydrogen-bond donors (Lipinski definition) is 2. The van der Waals surface area contributed by atoms with Crippen molar-refractivity contribution in [2.75, 3.05) is 6.54 Å². The summed E-state index contributed by atoms with van der Waals surface area (Å²) in [6.45, 7) is 0.200. The van der Waals surface area contributed by atoms with Gasteiger partial charge in [-0.1, -0.05) is 28.1 Å². The lowest BCUT2D eigenvalue weighted by molar-refractivity contribution is -0.143. The number of rotatable bonds is 5. The first-order valence-corrected chi connectivity index (χ1v) is 6.76. The number of carboxylic acid groups (broad SMARTS) is 1. The van der Waals surface area contributed by atoms with Gasteiger partial charge in [0.15, 0.2) is 0 Å². The van der Waals surface area contributed by atoms with Crippen molar-refractivity contribution in [3.8, 4) is 0 Å². The Morgan fingerprint density at radius 1 is 1.32 bits per heavy atom. The zero-order valence-corrected chi connectivity index (χ0v) is 11.8. The van der Waals surface area contributed by atoms with Crippen LogP contribution in [0, 0.1) is 5.41 Å². The van der Waals surface area contributed by atoms with E-state index in [1.54, 1.807) is 6.08 Å². The molecule has 1 aromatic carbocycles. The van der Waals surface area contributed by atoms with Crippen molar-refractivity contribution in [3.63, 3.8) is 0 Å². The molecule has 1 aliphatic rings. The zero-order valence-electron chi connectivity index (χ0n) is 10.2. The molecule has 2 N–H and O–H groups in total. The van der Waals surface area contributed by atoms with Crippen LogP contribution in [-0.2, 0) is 9.59 Å². The van der Waals surface area contributed by atoms with Crippen LogP contribution >= 0.6 is 15.9 Å². The Hall–Kier alpha value is -1.62. The Labute approximate surface area is 119 Å². The summed E-state index contributed by atoms with van der Waals surface area (Å²) in [5.74, 6) is -1.10. The Morgan fingerprint density at radius 3 is 2.47 bits per heavy atom. The van der Waals surface area contributed by atoms with Crippen LogP contribution < -0.4 is 5.32 Å². The van der Waals surface area contributed by atoms with Crippen molar-refractivity contribution in [2.24, 2.45) is 5.41 Å². The second-order valence-corrected chi connectivity index (χ2v) is 5.60. The Bertz CT molecular complexity index is 518. The lowest BCUT2D eigenvalue weighted by Gasteiger charge is -2.09. The van der Waals surface area contributed by atoms with E-state index >= 15 is 0 Å². The van der Waals surface area contributed by atoms with Crippen LogP contribution in [0.3, 0.4) is 0 Å². The molecule has 0 aromatic heterocycles. The van der Waals surface area contributed by atoms with Gasteiger partial charge in [0, 0.05) is 17.1 Å². The number of carbonyl (C=O) groups excluding carboxylic acids is 1. The van der Waals surface area contributed by atoms with Crippen molar-refractivity contribution in [2.45, 2.75) is 12.8 Å². The maximum atomic E-state index is 11.6. The maximum Gasteiger partial charge on any atom is 0.311 e. The first-order valence-electron chi connectivity index (χ1n) is 5.97. The fraction of sp³-hybridized carbons (Fsp3) is 0.286. The van der Waals surface area contributed by atoms with Gasteiger partial charge in [0.2, 0.25) is 5.91 Å². The van der Waals surface area contributed by atoms with Crippen molar-refractivity contribution < 1.29 is 14.7 Å². The molecule has 100 valence electrons. The van der Waals surface area contributed by atoms with Crippen LogP contribution in [-0.4, -0.2) is 23.5 Å². The molecule has 19 heavy (non-hydrogen) atoms. The van der Waals surface area contributed by atoms with E-state index < -0.39 is 11.4 Å². The summed E-state index contributed by atoms with van der Waals surface area (Å²) in [6, 6.07) is 7.55. The molecule has 4 nitrogen and oxygen atoms in total. The summed E-state index contributed by atoms with van der Waals surface area (Å²) in [5, 5.41) is 11.6. The van der Waals surface area contributed by atoms with Crippen LogP contribution in [0.2, 0.25) is 0 Å². The minimum Gasteiger partial charge on any atom is -0.481 e. The Balaban J connectivity index is 1.84. The molecule has 0 bridgehead atoms. The number of halogens is 1. The molecule has 1 aromatic rings. The minimum absolute atomic E-state index is 0.200. The maximum absolute atomic E-state index is 11.6. The predicted octanol–water partition coefficient (Wildman–Crippen LogP) is 2.44. The third-order valence-electron chi connectivity index (χ3n) is 3.21. The molecule has 1 aliphatic carbocycles. The van der Waals surface area contributed by atoms with E-state index in [4.69, 9.17) is 5.11 Å².